The van der Waals surface area contributed by atoms with Crippen LogP contribution in [0.15, 0.2) is 24.3 Å². The van der Waals surface area contributed by atoms with Crippen molar-refractivity contribution in [2.24, 2.45) is 0 Å². The zero-order valence-electron chi connectivity index (χ0n) is 14.4. The maximum Gasteiger partial charge on any atom is 0.170 e. The van der Waals surface area contributed by atoms with E-state index in [9.17, 15) is 4.39 Å². The largest absolute Gasteiger partial charge is 0.362 e. The SMILES string of the molecule is CCCCCCCCCCCCNC(=S)Nc1cccc(F)c1. The number of benzene rings is 1. The van der Waals surface area contributed by atoms with Crippen LogP contribution < -0.4 is 10.6 Å². The second-order valence-electron chi connectivity index (χ2n) is 6.07. The Kier molecular flexibility index (Phi) is 11.5. The van der Waals surface area contributed by atoms with Crippen LogP contribution in [-0.2, 0) is 0 Å². The van der Waals surface area contributed by atoms with Crippen molar-refractivity contribution in [2.75, 3.05) is 11.9 Å². The topological polar surface area (TPSA) is 24.1 Å². The average molecular weight is 339 g/mol. The molecule has 0 saturated heterocycles. The van der Waals surface area contributed by atoms with Crippen LogP contribution >= 0.6 is 12.2 Å². The van der Waals surface area contributed by atoms with Crippen molar-refractivity contribution >= 4 is 23.0 Å². The maximum atomic E-state index is 13.1. The minimum atomic E-state index is -0.257. The summed E-state index contributed by atoms with van der Waals surface area (Å²) in [4.78, 5) is 0. The number of thiocarbonyl (C=S) groups is 1. The Labute approximate surface area is 146 Å². The molecule has 1 aromatic carbocycles. The number of unbranched alkanes of at least 4 members (excludes halogenated alkanes) is 9. The molecule has 0 bridgehead atoms. The zero-order valence-corrected chi connectivity index (χ0v) is 15.2. The summed E-state index contributed by atoms with van der Waals surface area (Å²) in [6, 6.07) is 6.33. The first kappa shape index (κ1) is 19.9. The van der Waals surface area contributed by atoms with Crippen LogP contribution in [0.2, 0.25) is 0 Å². The van der Waals surface area contributed by atoms with E-state index in [1.807, 2.05) is 0 Å². The molecule has 0 aliphatic rings. The summed E-state index contributed by atoms with van der Waals surface area (Å²) in [5.41, 5.74) is 0.686. The minimum Gasteiger partial charge on any atom is -0.362 e. The highest BCUT2D eigenvalue weighted by Crippen LogP contribution is 2.10. The Morgan fingerprint density at radius 1 is 0.957 bits per heavy atom. The van der Waals surface area contributed by atoms with Crippen molar-refractivity contribution in [3.05, 3.63) is 30.1 Å². The van der Waals surface area contributed by atoms with Crippen LogP contribution in [0.3, 0.4) is 0 Å². The summed E-state index contributed by atoms with van der Waals surface area (Å²) in [6.07, 6.45) is 13.3. The second-order valence-corrected chi connectivity index (χ2v) is 6.48. The summed E-state index contributed by atoms with van der Waals surface area (Å²) in [5.74, 6) is -0.257. The standard InChI is InChI=1S/C19H31FN2S/c1-2-3-4-5-6-7-8-9-10-11-15-21-19(23)22-18-14-12-13-17(20)16-18/h12-14,16H,2-11,15H2,1H3,(H2,21,22,23). The maximum absolute atomic E-state index is 13.1. The van der Waals surface area contributed by atoms with Gasteiger partial charge in [0.05, 0.1) is 0 Å². The third-order valence-corrected chi connectivity index (χ3v) is 4.14. The first-order valence-corrected chi connectivity index (χ1v) is 9.43. The van der Waals surface area contributed by atoms with Crippen molar-refractivity contribution in [3.8, 4) is 0 Å². The van der Waals surface area contributed by atoms with E-state index in [1.54, 1.807) is 12.1 Å². The molecule has 23 heavy (non-hydrogen) atoms. The molecule has 0 unspecified atom stereocenters. The Hall–Kier alpha value is -1.16. The van der Waals surface area contributed by atoms with Gasteiger partial charge in [0.2, 0.25) is 0 Å². The van der Waals surface area contributed by atoms with E-state index in [0.717, 1.165) is 13.0 Å². The van der Waals surface area contributed by atoms with Gasteiger partial charge in [0.1, 0.15) is 5.82 Å². The van der Waals surface area contributed by atoms with Gasteiger partial charge in [-0.3, -0.25) is 0 Å². The normalized spacial score (nSPS) is 10.5. The molecule has 0 spiro atoms. The highest BCUT2D eigenvalue weighted by atomic mass is 32.1. The van der Waals surface area contributed by atoms with Gasteiger partial charge in [-0.05, 0) is 36.8 Å². The summed E-state index contributed by atoms with van der Waals surface area (Å²) in [5, 5.41) is 6.73. The lowest BCUT2D eigenvalue weighted by atomic mass is 10.1. The highest BCUT2D eigenvalue weighted by molar-refractivity contribution is 7.80. The van der Waals surface area contributed by atoms with E-state index in [4.69, 9.17) is 12.2 Å². The molecule has 0 radical (unpaired) electrons. The van der Waals surface area contributed by atoms with Crippen molar-refractivity contribution in [1.82, 2.24) is 5.32 Å². The molecule has 0 heterocycles. The number of rotatable bonds is 12. The lowest BCUT2D eigenvalue weighted by Crippen LogP contribution is -2.29. The summed E-state index contributed by atoms with van der Waals surface area (Å²) in [7, 11) is 0. The zero-order chi connectivity index (χ0) is 16.8. The smallest absolute Gasteiger partial charge is 0.170 e. The summed E-state index contributed by atoms with van der Waals surface area (Å²) < 4.78 is 13.1. The molecule has 0 amide bonds. The van der Waals surface area contributed by atoms with Gasteiger partial charge >= 0.3 is 0 Å². The molecular weight excluding hydrogens is 307 g/mol. The number of anilines is 1. The lowest BCUT2D eigenvalue weighted by Gasteiger charge is -2.10. The van der Waals surface area contributed by atoms with Gasteiger partial charge < -0.3 is 10.6 Å². The highest BCUT2D eigenvalue weighted by Gasteiger charge is 1.98. The third kappa shape index (κ3) is 11.1. The third-order valence-electron chi connectivity index (χ3n) is 3.90. The molecule has 1 aromatic rings. The van der Waals surface area contributed by atoms with Crippen molar-refractivity contribution < 1.29 is 4.39 Å². The van der Waals surface area contributed by atoms with Crippen LogP contribution in [0.25, 0.3) is 0 Å². The summed E-state index contributed by atoms with van der Waals surface area (Å²) in [6.45, 7) is 3.13. The minimum absolute atomic E-state index is 0.257. The Balaban J connectivity index is 1.91. The van der Waals surface area contributed by atoms with Crippen LogP contribution in [0.1, 0.15) is 71.1 Å². The Morgan fingerprint density at radius 2 is 1.57 bits per heavy atom. The molecule has 2 N–H and O–H groups in total. The Bertz CT molecular complexity index is 437. The molecule has 0 aliphatic carbocycles. The molecule has 0 fully saturated rings. The van der Waals surface area contributed by atoms with E-state index in [-0.39, 0.29) is 5.82 Å². The first-order valence-electron chi connectivity index (χ1n) is 9.03. The molecule has 1 rings (SSSR count). The van der Waals surface area contributed by atoms with Crippen molar-refractivity contribution in [3.63, 3.8) is 0 Å². The van der Waals surface area contributed by atoms with Gasteiger partial charge in [0, 0.05) is 12.2 Å². The van der Waals surface area contributed by atoms with Crippen LogP contribution in [0, 0.1) is 5.82 Å². The van der Waals surface area contributed by atoms with Crippen molar-refractivity contribution in [1.29, 1.82) is 0 Å². The van der Waals surface area contributed by atoms with Gasteiger partial charge in [-0.25, -0.2) is 4.39 Å². The fourth-order valence-corrected chi connectivity index (χ4v) is 2.78. The van der Waals surface area contributed by atoms with Gasteiger partial charge in [0.15, 0.2) is 5.11 Å². The monoisotopic (exact) mass is 338 g/mol. The van der Waals surface area contributed by atoms with Gasteiger partial charge in [-0.15, -0.1) is 0 Å². The van der Waals surface area contributed by atoms with Crippen LogP contribution in [0.5, 0.6) is 0 Å². The lowest BCUT2D eigenvalue weighted by molar-refractivity contribution is 0.555. The fourth-order valence-electron chi connectivity index (χ4n) is 2.56. The molecule has 130 valence electrons. The van der Waals surface area contributed by atoms with E-state index in [1.165, 1.54) is 69.9 Å². The van der Waals surface area contributed by atoms with Crippen molar-refractivity contribution in [2.45, 2.75) is 71.1 Å². The molecule has 0 aromatic heterocycles. The summed E-state index contributed by atoms with van der Waals surface area (Å²) >= 11 is 5.20. The van der Waals surface area contributed by atoms with E-state index < -0.39 is 0 Å². The molecular formula is C19H31FN2S. The quantitative estimate of drug-likeness (QED) is 0.359. The van der Waals surface area contributed by atoms with Gasteiger partial charge in [-0.2, -0.15) is 0 Å². The Morgan fingerprint density at radius 3 is 2.17 bits per heavy atom. The second kappa shape index (κ2) is 13.3. The number of hydrogen-bond acceptors (Lipinski definition) is 1. The number of nitrogens with one attached hydrogen (secondary N) is 2. The number of halogens is 1. The molecule has 0 aliphatic heterocycles. The predicted molar refractivity (Wildman–Crippen MR) is 102 cm³/mol. The van der Waals surface area contributed by atoms with Crippen LogP contribution in [-0.4, -0.2) is 11.7 Å². The van der Waals surface area contributed by atoms with Crippen LogP contribution in [0.4, 0.5) is 10.1 Å². The van der Waals surface area contributed by atoms with Gasteiger partial charge in [-0.1, -0.05) is 70.8 Å². The van der Waals surface area contributed by atoms with E-state index in [0.29, 0.717) is 10.8 Å². The molecule has 4 heteroatoms. The molecule has 2 nitrogen and oxygen atoms in total. The molecule has 0 saturated carbocycles. The number of hydrogen-bond donors (Lipinski definition) is 2. The average Bonchev–Trinajstić information content (AvgIpc) is 2.52. The fraction of sp³-hybridized carbons (Fsp3) is 0.632. The molecule has 0 atom stereocenters. The first-order chi connectivity index (χ1) is 11.2. The van der Waals surface area contributed by atoms with E-state index >= 15 is 0 Å². The van der Waals surface area contributed by atoms with Gasteiger partial charge in [0.25, 0.3) is 0 Å². The predicted octanol–water partition coefficient (Wildman–Crippen LogP) is 6.03. The van der Waals surface area contributed by atoms with E-state index in [2.05, 4.69) is 17.6 Å².